The first-order valence-corrected chi connectivity index (χ1v) is 12.5. The number of aliphatic hydroxyl groups is 1. The molecule has 3 rings (SSSR count). The van der Waals surface area contributed by atoms with Crippen molar-refractivity contribution in [3.63, 3.8) is 0 Å². The zero-order valence-electron chi connectivity index (χ0n) is 22.1. The molecule has 5 nitrogen and oxygen atoms in total. The summed E-state index contributed by atoms with van der Waals surface area (Å²) >= 11 is 0. The number of rotatable bonds is 10. The largest absolute Gasteiger partial charge is 0.407 e. The molecule has 0 saturated heterocycles. The third kappa shape index (κ3) is 8.41. The summed E-state index contributed by atoms with van der Waals surface area (Å²) in [5.41, 5.74) is -4.59. The van der Waals surface area contributed by atoms with Crippen molar-refractivity contribution >= 4 is 5.91 Å². The first kappa shape index (κ1) is 31.4. The molecule has 1 saturated carbocycles. The number of amides is 1. The van der Waals surface area contributed by atoms with Crippen LogP contribution in [0.2, 0.25) is 0 Å². The number of nitrogens with zero attached hydrogens (tertiary/aromatic N) is 1. The lowest BCUT2D eigenvalue weighted by Crippen LogP contribution is -2.53. The van der Waals surface area contributed by atoms with Gasteiger partial charge < -0.3 is 10.4 Å². The van der Waals surface area contributed by atoms with Crippen molar-refractivity contribution in [3.8, 4) is 17.2 Å². The van der Waals surface area contributed by atoms with E-state index in [0.717, 1.165) is 20.8 Å². The Kier molecular flexibility index (Phi) is 8.63. The van der Waals surface area contributed by atoms with Crippen LogP contribution in [0.3, 0.4) is 0 Å². The first-order valence-electron chi connectivity index (χ1n) is 12.5. The van der Waals surface area contributed by atoms with Gasteiger partial charge in [-0.1, -0.05) is 48.5 Å². The highest BCUT2D eigenvalue weighted by Crippen LogP contribution is 2.38. The van der Waals surface area contributed by atoms with Crippen LogP contribution < -0.4 is 10.6 Å². The van der Waals surface area contributed by atoms with Gasteiger partial charge in [-0.15, -0.1) is 0 Å². The molecule has 1 aliphatic rings. The molecular weight excluding hydrogens is 543 g/mol. The second-order valence-corrected chi connectivity index (χ2v) is 11.1. The van der Waals surface area contributed by atoms with Gasteiger partial charge in [0, 0.05) is 6.42 Å². The highest BCUT2D eigenvalue weighted by atomic mass is 19.4. The summed E-state index contributed by atoms with van der Waals surface area (Å²) in [5, 5.41) is 24.1. The third-order valence-electron chi connectivity index (χ3n) is 6.66. The van der Waals surface area contributed by atoms with Crippen LogP contribution in [0.5, 0.6) is 0 Å². The van der Waals surface area contributed by atoms with Crippen LogP contribution in [0, 0.1) is 11.3 Å². The summed E-state index contributed by atoms with van der Waals surface area (Å²) in [4.78, 5) is 12.8. The Balaban J connectivity index is 1.83. The first-order chi connectivity index (χ1) is 18.2. The number of alkyl halides is 7. The van der Waals surface area contributed by atoms with E-state index in [0.29, 0.717) is 24.0 Å². The number of halogens is 7. The summed E-state index contributed by atoms with van der Waals surface area (Å²) in [6.45, 7) is 3.31. The molecule has 0 radical (unpaired) electrons. The topological polar surface area (TPSA) is 85.2 Å². The maximum absolute atomic E-state index is 14.5. The average Bonchev–Trinajstić information content (AvgIpc) is 3.59. The van der Waals surface area contributed by atoms with Gasteiger partial charge in [0.25, 0.3) is 0 Å². The fraction of sp³-hybridized carbons (Fsp3) is 0.500. The summed E-state index contributed by atoms with van der Waals surface area (Å²) in [5.74, 6) is -0.905. The molecule has 1 fully saturated rings. The van der Waals surface area contributed by atoms with Crippen molar-refractivity contribution in [3.05, 3.63) is 59.7 Å². The van der Waals surface area contributed by atoms with Crippen molar-refractivity contribution in [2.24, 2.45) is 0 Å². The number of hydrogen-bond acceptors (Lipinski definition) is 4. The number of nitrogens with one attached hydrogen (secondary N) is 2. The van der Waals surface area contributed by atoms with E-state index in [1.54, 1.807) is 0 Å². The molecule has 3 atom stereocenters. The lowest BCUT2D eigenvalue weighted by molar-refractivity contribution is -0.174. The minimum absolute atomic E-state index is 0.0241. The minimum Gasteiger partial charge on any atom is -0.385 e. The Morgan fingerprint density at radius 1 is 0.950 bits per heavy atom. The second kappa shape index (κ2) is 11.0. The molecule has 40 heavy (non-hydrogen) atoms. The van der Waals surface area contributed by atoms with Crippen LogP contribution in [0.25, 0.3) is 11.1 Å². The van der Waals surface area contributed by atoms with Crippen LogP contribution in [0.4, 0.5) is 30.7 Å². The lowest BCUT2D eigenvalue weighted by atomic mass is 9.90. The van der Waals surface area contributed by atoms with Crippen LogP contribution in [-0.4, -0.2) is 40.6 Å². The SMILES string of the molecule is CC(C)(F)C[C@H](N[C@@H](c1ccc(-c2ccc([C@@](C)(O)CC(F)(F)F)cc2)cc1)C(F)(F)F)C(=O)NC1(C#N)CC1. The zero-order chi connectivity index (χ0) is 30.1. The van der Waals surface area contributed by atoms with E-state index in [-0.39, 0.29) is 11.1 Å². The summed E-state index contributed by atoms with van der Waals surface area (Å²) < 4.78 is 95.2. The van der Waals surface area contributed by atoms with E-state index >= 15 is 0 Å². The fourth-order valence-corrected chi connectivity index (χ4v) is 4.39. The highest BCUT2D eigenvalue weighted by molar-refractivity contribution is 5.83. The minimum atomic E-state index is -4.86. The van der Waals surface area contributed by atoms with Gasteiger partial charge in [-0.2, -0.15) is 31.6 Å². The Morgan fingerprint density at radius 2 is 1.45 bits per heavy atom. The van der Waals surface area contributed by atoms with Crippen LogP contribution in [0.15, 0.2) is 48.5 Å². The average molecular weight is 574 g/mol. The highest BCUT2D eigenvalue weighted by Gasteiger charge is 2.48. The zero-order valence-corrected chi connectivity index (χ0v) is 22.1. The van der Waals surface area contributed by atoms with E-state index in [4.69, 9.17) is 0 Å². The van der Waals surface area contributed by atoms with Crippen molar-refractivity contribution in [2.45, 2.75) is 87.7 Å². The van der Waals surface area contributed by atoms with Gasteiger partial charge in [-0.25, -0.2) is 4.39 Å². The Hall–Kier alpha value is -3.17. The predicted octanol–water partition coefficient (Wildman–Crippen LogP) is 6.39. The van der Waals surface area contributed by atoms with Gasteiger partial charge in [0.2, 0.25) is 5.91 Å². The van der Waals surface area contributed by atoms with E-state index in [1.807, 2.05) is 6.07 Å². The Morgan fingerprint density at radius 3 is 1.85 bits per heavy atom. The lowest BCUT2D eigenvalue weighted by Gasteiger charge is -2.30. The van der Waals surface area contributed by atoms with E-state index in [2.05, 4.69) is 10.6 Å². The molecule has 0 heterocycles. The molecule has 1 amide bonds. The number of benzene rings is 2. The standard InChI is InChI=1S/C28H30F7N3O2/c1-24(2,29)14-21(23(39)38-26(16-36)12-13-26)37-22(28(33,34)35)19-6-4-17(5-7-19)18-8-10-20(11-9-18)25(3,40)15-27(30,31)32/h4-11,21-22,37,40H,12-15H2,1-3H3,(H,38,39)/t21-,22-,25-/m0/s1. The maximum atomic E-state index is 14.5. The third-order valence-corrected chi connectivity index (χ3v) is 6.66. The molecule has 12 heteroatoms. The molecule has 1 aliphatic carbocycles. The number of hydrogen-bond donors (Lipinski definition) is 3. The smallest absolute Gasteiger partial charge is 0.385 e. The van der Waals surface area contributed by atoms with Crippen molar-refractivity contribution in [1.29, 1.82) is 5.26 Å². The molecular formula is C28H30F7N3O2. The van der Waals surface area contributed by atoms with E-state index in [1.165, 1.54) is 48.5 Å². The van der Waals surface area contributed by atoms with Crippen molar-refractivity contribution < 1.29 is 40.6 Å². The number of carbonyl (C=O) groups is 1. The maximum Gasteiger partial charge on any atom is 0.407 e. The van der Waals surface area contributed by atoms with Gasteiger partial charge in [-0.05, 0) is 55.9 Å². The van der Waals surface area contributed by atoms with Crippen molar-refractivity contribution in [1.82, 2.24) is 10.6 Å². The summed E-state index contributed by atoms with van der Waals surface area (Å²) in [7, 11) is 0. The number of carbonyl (C=O) groups excluding carboxylic acids is 1. The van der Waals surface area contributed by atoms with Crippen LogP contribution in [0.1, 0.15) is 63.6 Å². The number of nitriles is 1. The molecule has 2 aromatic carbocycles. The van der Waals surface area contributed by atoms with Crippen LogP contribution >= 0.6 is 0 Å². The molecule has 3 N–H and O–H groups in total. The Labute approximate surface area is 227 Å². The van der Waals surface area contributed by atoms with Gasteiger partial charge in [0.15, 0.2) is 0 Å². The van der Waals surface area contributed by atoms with Crippen molar-refractivity contribution in [2.75, 3.05) is 0 Å². The molecule has 0 aliphatic heterocycles. The van der Waals surface area contributed by atoms with E-state index in [9.17, 15) is 45.9 Å². The monoisotopic (exact) mass is 573 g/mol. The predicted molar refractivity (Wildman–Crippen MR) is 133 cm³/mol. The normalized spacial score (nSPS) is 18.2. The molecule has 0 unspecified atom stereocenters. The van der Waals surface area contributed by atoms with Gasteiger partial charge >= 0.3 is 12.4 Å². The second-order valence-electron chi connectivity index (χ2n) is 11.1. The molecule has 218 valence electrons. The van der Waals surface area contributed by atoms with E-state index < -0.39 is 60.0 Å². The molecule has 0 spiro atoms. The quantitative estimate of drug-likeness (QED) is 0.288. The van der Waals surface area contributed by atoms with Gasteiger partial charge in [-0.3, -0.25) is 10.1 Å². The molecule has 2 aromatic rings. The molecule has 0 bridgehead atoms. The van der Waals surface area contributed by atoms with Gasteiger partial charge in [0.1, 0.15) is 17.2 Å². The Bertz CT molecular complexity index is 1220. The van der Waals surface area contributed by atoms with Crippen LogP contribution in [-0.2, 0) is 10.4 Å². The summed E-state index contributed by atoms with van der Waals surface area (Å²) in [6, 6.07) is 8.62. The van der Waals surface area contributed by atoms with Gasteiger partial charge in [0.05, 0.1) is 24.1 Å². The fourth-order valence-electron chi connectivity index (χ4n) is 4.39. The molecule has 0 aromatic heterocycles. The summed E-state index contributed by atoms with van der Waals surface area (Å²) in [6.07, 6.45) is -10.8.